The molecule has 0 bridgehead atoms. The zero-order chi connectivity index (χ0) is 29.3. The van der Waals surface area contributed by atoms with Crippen molar-refractivity contribution in [1.29, 1.82) is 0 Å². The van der Waals surface area contributed by atoms with E-state index in [4.69, 9.17) is 0 Å². The first-order chi connectivity index (χ1) is 19.5. The summed E-state index contributed by atoms with van der Waals surface area (Å²) in [6, 6.07) is 11.9. The van der Waals surface area contributed by atoms with E-state index in [0.29, 0.717) is 29.7 Å². The van der Waals surface area contributed by atoms with E-state index in [1.54, 1.807) is 11.3 Å². The molecule has 0 unspecified atom stereocenters. The Bertz CT molecular complexity index is 1360. The summed E-state index contributed by atoms with van der Waals surface area (Å²) in [7, 11) is 0. The minimum Gasteiger partial charge on any atom is -0.480 e. The first-order valence-corrected chi connectivity index (χ1v) is 15.4. The fraction of sp³-hybridized carbons (Fsp3) is 0.515. The molecule has 41 heavy (non-hydrogen) atoms. The topological polar surface area (TPSA) is 56.7 Å². The number of rotatable bonds is 8. The van der Waals surface area contributed by atoms with Gasteiger partial charge in [-0.25, -0.2) is 13.8 Å². The molecule has 8 heteroatoms. The number of carboxylic acid groups (broad SMARTS) is 1. The quantitative estimate of drug-likeness (QED) is 0.320. The third kappa shape index (κ3) is 7.04. The lowest BCUT2D eigenvalue weighted by Crippen LogP contribution is -2.48. The van der Waals surface area contributed by atoms with Crippen molar-refractivity contribution in [2.75, 3.05) is 32.7 Å². The molecule has 2 fully saturated rings. The Morgan fingerprint density at radius 3 is 2.54 bits per heavy atom. The smallest absolute Gasteiger partial charge is 0.321 e. The molecule has 2 saturated heterocycles. The Hall–Kier alpha value is -2.68. The van der Waals surface area contributed by atoms with Crippen molar-refractivity contribution in [3.63, 3.8) is 0 Å². The van der Waals surface area contributed by atoms with Crippen molar-refractivity contribution >= 4 is 17.3 Å². The molecule has 1 aromatic heterocycles. The summed E-state index contributed by atoms with van der Waals surface area (Å²) < 4.78 is 27.4. The van der Waals surface area contributed by atoms with Gasteiger partial charge in [-0.15, -0.1) is 11.3 Å². The second kappa shape index (κ2) is 12.3. The van der Waals surface area contributed by atoms with E-state index in [-0.39, 0.29) is 5.41 Å². The minimum absolute atomic E-state index is 0.299. The number of aromatic nitrogens is 1. The molecule has 0 aliphatic carbocycles. The number of nitrogens with zero attached hydrogens (tertiary/aromatic N) is 3. The highest BCUT2D eigenvalue weighted by atomic mass is 32.1. The summed E-state index contributed by atoms with van der Waals surface area (Å²) in [5.74, 6) is -0.745. The highest BCUT2D eigenvalue weighted by molar-refractivity contribution is 7.11. The van der Waals surface area contributed by atoms with Crippen LogP contribution in [0.25, 0.3) is 0 Å². The van der Waals surface area contributed by atoms with E-state index in [1.165, 1.54) is 28.1 Å². The summed E-state index contributed by atoms with van der Waals surface area (Å²) in [6.07, 6.45) is 4.39. The summed E-state index contributed by atoms with van der Waals surface area (Å²) in [5.41, 5.74) is 2.65. The molecule has 2 aliphatic heterocycles. The molecule has 2 aromatic carbocycles. The maximum atomic E-state index is 14.1. The highest BCUT2D eigenvalue weighted by Gasteiger charge is 2.44. The van der Waals surface area contributed by atoms with Gasteiger partial charge in [0.2, 0.25) is 0 Å². The maximum Gasteiger partial charge on any atom is 0.321 e. The predicted octanol–water partition coefficient (Wildman–Crippen LogP) is 6.71. The fourth-order valence-corrected chi connectivity index (χ4v) is 7.92. The van der Waals surface area contributed by atoms with Crippen LogP contribution in [0.5, 0.6) is 0 Å². The van der Waals surface area contributed by atoms with Crippen LogP contribution in [-0.2, 0) is 11.2 Å². The van der Waals surface area contributed by atoms with Crippen LogP contribution in [-0.4, -0.2) is 64.6 Å². The second-order valence-electron chi connectivity index (χ2n) is 13.0. The molecule has 3 atom stereocenters. The molecule has 0 spiro atoms. The Labute approximate surface area is 246 Å². The molecule has 1 N–H and O–H groups in total. The summed E-state index contributed by atoms with van der Waals surface area (Å²) in [6.45, 7) is 12.7. The Kier molecular flexibility index (Phi) is 8.92. The molecule has 0 amide bonds. The monoisotopic (exact) mass is 581 g/mol. The first kappa shape index (κ1) is 29.8. The van der Waals surface area contributed by atoms with Crippen LogP contribution in [0.1, 0.15) is 72.0 Å². The Balaban J connectivity index is 1.23. The van der Waals surface area contributed by atoms with Gasteiger partial charge in [0.1, 0.15) is 17.7 Å². The second-order valence-corrected chi connectivity index (χ2v) is 14.1. The number of aryl methyl sites for hydroxylation is 1. The van der Waals surface area contributed by atoms with Crippen molar-refractivity contribution in [2.45, 2.75) is 64.8 Å². The first-order valence-electron chi connectivity index (χ1n) is 14.6. The van der Waals surface area contributed by atoms with Crippen LogP contribution >= 0.6 is 11.3 Å². The molecule has 5 rings (SSSR count). The van der Waals surface area contributed by atoms with Crippen molar-refractivity contribution in [3.8, 4) is 0 Å². The molecule has 0 radical (unpaired) electrons. The lowest BCUT2D eigenvalue weighted by Gasteiger charge is -2.35. The van der Waals surface area contributed by atoms with E-state index >= 15 is 0 Å². The average Bonchev–Trinajstić information content (AvgIpc) is 3.52. The fourth-order valence-electron chi connectivity index (χ4n) is 6.81. The van der Waals surface area contributed by atoms with Gasteiger partial charge >= 0.3 is 5.97 Å². The van der Waals surface area contributed by atoms with Crippen molar-refractivity contribution in [1.82, 2.24) is 14.8 Å². The van der Waals surface area contributed by atoms with Gasteiger partial charge in [-0.1, -0.05) is 56.7 Å². The van der Waals surface area contributed by atoms with Gasteiger partial charge < -0.3 is 10.0 Å². The van der Waals surface area contributed by atoms with Gasteiger partial charge in [-0.3, -0.25) is 9.69 Å². The Morgan fingerprint density at radius 1 is 1.12 bits per heavy atom. The number of hydrogen-bond acceptors (Lipinski definition) is 5. The molecular formula is C33H41F2N3O2S. The van der Waals surface area contributed by atoms with Crippen LogP contribution < -0.4 is 0 Å². The van der Waals surface area contributed by atoms with E-state index in [0.717, 1.165) is 56.6 Å². The van der Waals surface area contributed by atoms with E-state index < -0.39 is 23.6 Å². The van der Waals surface area contributed by atoms with Crippen LogP contribution in [0.4, 0.5) is 8.78 Å². The van der Waals surface area contributed by atoms with Gasteiger partial charge in [0.05, 0.1) is 5.01 Å². The zero-order valence-corrected chi connectivity index (χ0v) is 25.3. The number of carboxylic acids is 1. The molecule has 0 saturated carbocycles. The molecular weight excluding hydrogens is 540 g/mol. The molecule has 3 aromatic rings. The molecule has 2 aliphatic rings. The minimum atomic E-state index is -0.743. The van der Waals surface area contributed by atoms with Gasteiger partial charge in [0.15, 0.2) is 0 Å². The lowest BCUT2D eigenvalue weighted by molar-refractivity contribution is -0.147. The number of piperidine rings is 1. The third-order valence-electron chi connectivity index (χ3n) is 8.77. The number of likely N-dealkylation sites (tertiary alicyclic amines) is 2. The van der Waals surface area contributed by atoms with Crippen LogP contribution in [0, 0.1) is 29.9 Å². The number of hydrogen-bond donors (Lipinski definition) is 1. The molecule has 3 heterocycles. The van der Waals surface area contributed by atoms with Gasteiger partial charge in [-0.2, -0.15) is 0 Å². The standard InChI is InChI=1S/C33H41F2N3O2S/c1-21-6-5-7-23(14-21)27-20-38(31(32(39)40)33(2,3)4)19-25(27)18-37-12-10-22(11-13-37)29-17-36-30(41-29)15-24-8-9-26(34)16-28(24)35/h5-9,14,16-17,22,25,27,31H,10-13,15,18-20H2,1-4H3,(H,39,40)/t25-,27+,31-/m0/s1. The van der Waals surface area contributed by atoms with Crippen LogP contribution in [0.15, 0.2) is 48.7 Å². The average molecular weight is 582 g/mol. The highest BCUT2D eigenvalue weighted by Crippen LogP contribution is 2.39. The Morgan fingerprint density at radius 2 is 1.88 bits per heavy atom. The summed E-state index contributed by atoms with van der Waals surface area (Å²) in [4.78, 5) is 22.9. The number of halogens is 2. The van der Waals surface area contributed by atoms with Gasteiger partial charge in [0, 0.05) is 49.1 Å². The predicted molar refractivity (Wildman–Crippen MR) is 160 cm³/mol. The largest absolute Gasteiger partial charge is 0.480 e. The van der Waals surface area contributed by atoms with Gasteiger partial charge in [-0.05, 0) is 67.3 Å². The summed E-state index contributed by atoms with van der Waals surface area (Å²) >= 11 is 1.64. The lowest BCUT2D eigenvalue weighted by atomic mass is 9.85. The number of carbonyl (C=O) groups is 1. The number of thiazole rings is 1. The van der Waals surface area contributed by atoms with Crippen LogP contribution in [0.2, 0.25) is 0 Å². The van der Waals surface area contributed by atoms with Gasteiger partial charge in [0.25, 0.3) is 0 Å². The molecule has 220 valence electrons. The SMILES string of the molecule is Cc1cccc([C@H]2CN([C@@H](C(=O)O)C(C)(C)C)C[C@@H]2CN2CCC(c3cnc(Cc4ccc(F)cc4F)s3)CC2)c1. The summed E-state index contributed by atoms with van der Waals surface area (Å²) in [5, 5.41) is 11.0. The van der Waals surface area contributed by atoms with Crippen molar-refractivity contribution in [2.24, 2.45) is 11.3 Å². The maximum absolute atomic E-state index is 14.1. The van der Waals surface area contributed by atoms with E-state index in [1.807, 2.05) is 27.0 Å². The number of aliphatic carboxylic acids is 1. The number of benzene rings is 2. The zero-order valence-electron chi connectivity index (χ0n) is 24.4. The van der Waals surface area contributed by atoms with E-state index in [9.17, 15) is 18.7 Å². The normalized spacial score (nSPS) is 21.8. The third-order valence-corrected chi connectivity index (χ3v) is 9.93. The van der Waals surface area contributed by atoms with Crippen molar-refractivity contribution < 1.29 is 18.7 Å². The van der Waals surface area contributed by atoms with Crippen LogP contribution in [0.3, 0.4) is 0 Å². The van der Waals surface area contributed by atoms with Crippen molar-refractivity contribution in [3.05, 3.63) is 86.9 Å². The molecule has 5 nitrogen and oxygen atoms in total. The van der Waals surface area contributed by atoms with E-state index in [2.05, 4.69) is 46.0 Å².